The minimum Gasteiger partial charge on any atom is -0.497 e. The Morgan fingerprint density at radius 2 is 2.14 bits per heavy atom. The van der Waals surface area contributed by atoms with E-state index in [4.69, 9.17) is 22.7 Å². The van der Waals surface area contributed by atoms with Crippen molar-refractivity contribution in [1.82, 2.24) is 5.01 Å². The molecule has 0 radical (unpaired) electrons. The van der Waals surface area contributed by atoms with Crippen LogP contribution < -0.4 is 10.5 Å². The minimum absolute atomic E-state index is 0.0969. The van der Waals surface area contributed by atoms with E-state index in [0.29, 0.717) is 5.11 Å². The summed E-state index contributed by atoms with van der Waals surface area (Å²) in [6.07, 6.45) is 0.796. The number of ether oxygens (including phenoxy) is 1. The number of rotatable bonds is 3. The van der Waals surface area contributed by atoms with Crippen molar-refractivity contribution in [2.75, 3.05) is 7.11 Å². The molecule has 2 heterocycles. The molecule has 1 aliphatic heterocycles. The number of hydrazone groups is 1. The maximum Gasteiger partial charge on any atom is 0.187 e. The van der Waals surface area contributed by atoms with Crippen LogP contribution in [0, 0.1) is 0 Å². The van der Waals surface area contributed by atoms with E-state index in [0.717, 1.165) is 23.4 Å². The lowest BCUT2D eigenvalue weighted by Crippen LogP contribution is -2.31. The van der Waals surface area contributed by atoms with Gasteiger partial charge >= 0.3 is 0 Å². The molecule has 2 N–H and O–H groups in total. The van der Waals surface area contributed by atoms with Crippen LogP contribution in [0.5, 0.6) is 5.75 Å². The van der Waals surface area contributed by atoms with E-state index in [2.05, 4.69) is 16.5 Å². The van der Waals surface area contributed by atoms with Crippen molar-refractivity contribution in [2.45, 2.75) is 12.5 Å². The molecule has 0 fully saturated rings. The fourth-order valence-electron chi connectivity index (χ4n) is 2.37. The summed E-state index contributed by atoms with van der Waals surface area (Å²) in [5.74, 6) is 0.832. The van der Waals surface area contributed by atoms with Gasteiger partial charge in [-0.15, -0.1) is 11.3 Å². The van der Waals surface area contributed by atoms with Crippen LogP contribution in [0.3, 0.4) is 0 Å². The second-order valence-electron chi connectivity index (χ2n) is 4.69. The van der Waals surface area contributed by atoms with Gasteiger partial charge in [0.2, 0.25) is 0 Å². The van der Waals surface area contributed by atoms with Crippen LogP contribution in [-0.4, -0.2) is 22.9 Å². The van der Waals surface area contributed by atoms with Crippen molar-refractivity contribution < 1.29 is 4.74 Å². The zero-order valence-corrected chi connectivity index (χ0v) is 13.2. The second-order valence-corrected chi connectivity index (χ2v) is 6.09. The van der Waals surface area contributed by atoms with Crippen molar-refractivity contribution in [3.8, 4) is 5.75 Å². The molecule has 0 spiro atoms. The molecule has 0 amide bonds. The van der Waals surface area contributed by atoms with Crippen LogP contribution in [0.2, 0.25) is 0 Å². The smallest absolute Gasteiger partial charge is 0.187 e. The van der Waals surface area contributed by atoms with E-state index in [9.17, 15) is 0 Å². The van der Waals surface area contributed by atoms with E-state index in [1.54, 1.807) is 23.5 Å². The van der Waals surface area contributed by atoms with Crippen molar-refractivity contribution in [1.29, 1.82) is 0 Å². The zero-order valence-electron chi connectivity index (χ0n) is 11.5. The summed E-state index contributed by atoms with van der Waals surface area (Å²) in [5.41, 5.74) is 7.87. The first-order valence-electron chi connectivity index (χ1n) is 6.53. The number of hydrogen-bond acceptors (Lipinski definition) is 4. The van der Waals surface area contributed by atoms with Gasteiger partial charge in [-0.1, -0.05) is 6.07 Å². The summed E-state index contributed by atoms with van der Waals surface area (Å²) in [5, 5.41) is 8.69. The molecule has 0 bridgehead atoms. The highest BCUT2D eigenvalue weighted by Crippen LogP contribution is 2.35. The van der Waals surface area contributed by atoms with Crippen LogP contribution in [0.15, 0.2) is 46.9 Å². The van der Waals surface area contributed by atoms with E-state index in [1.807, 2.05) is 30.3 Å². The first-order valence-corrected chi connectivity index (χ1v) is 7.82. The summed E-state index contributed by atoms with van der Waals surface area (Å²) in [7, 11) is 1.66. The minimum atomic E-state index is 0.0969. The fraction of sp³-hybridized carbons (Fsp3) is 0.200. The number of benzene rings is 1. The average Bonchev–Trinajstić information content (AvgIpc) is 3.16. The molecule has 3 rings (SSSR count). The molecule has 0 unspecified atom stereocenters. The quantitative estimate of drug-likeness (QED) is 0.884. The Morgan fingerprint density at radius 1 is 1.38 bits per heavy atom. The molecule has 0 saturated heterocycles. The maximum atomic E-state index is 5.82. The Hall–Kier alpha value is -1.92. The van der Waals surface area contributed by atoms with E-state index in [1.165, 1.54) is 4.88 Å². The molecule has 4 nitrogen and oxygen atoms in total. The molecular weight excluding hydrogens is 302 g/mol. The van der Waals surface area contributed by atoms with Gasteiger partial charge in [0.15, 0.2) is 5.11 Å². The third-order valence-electron chi connectivity index (χ3n) is 3.43. The standard InChI is InChI=1S/C15H15N3OS2/c1-19-11-6-4-10(5-7-11)12-9-13(14-3-2-8-21-14)18(17-12)15(16)20/h2-8,13H,9H2,1H3,(H2,16,20)/t13-/m0/s1. The molecule has 6 heteroatoms. The van der Waals surface area contributed by atoms with Crippen LogP contribution in [-0.2, 0) is 0 Å². The van der Waals surface area contributed by atoms with Crippen molar-refractivity contribution >= 4 is 34.4 Å². The van der Waals surface area contributed by atoms with Crippen LogP contribution in [0.25, 0.3) is 0 Å². The fourth-order valence-corrected chi connectivity index (χ4v) is 3.35. The van der Waals surface area contributed by atoms with Gasteiger partial charge < -0.3 is 10.5 Å². The number of nitrogens with zero attached hydrogens (tertiary/aromatic N) is 2. The van der Waals surface area contributed by atoms with Crippen LogP contribution >= 0.6 is 23.6 Å². The maximum absolute atomic E-state index is 5.82. The normalized spacial score (nSPS) is 17.7. The van der Waals surface area contributed by atoms with Crippen LogP contribution in [0.4, 0.5) is 0 Å². The Kier molecular flexibility index (Phi) is 3.90. The topological polar surface area (TPSA) is 50.8 Å². The van der Waals surface area contributed by atoms with Crippen molar-refractivity contribution in [3.63, 3.8) is 0 Å². The molecule has 0 aliphatic carbocycles. The van der Waals surface area contributed by atoms with Crippen molar-refractivity contribution in [3.05, 3.63) is 52.2 Å². The predicted octanol–water partition coefficient (Wildman–Crippen LogP) is 3.15. The van der Waals surface area contributed by atoms with E-state index in [-0.39, 0.29) is 6.04 Å². The monoisotopic (exact) mass is 317 g/mol. The Labute approximate surface area is 132 Å². The Bertz CT molecular complexity index is 665. The highest BCUT2D eigenvalue weighted by molar-refractivity contribution is 7.80. The average molecular weight is 317 g/mol. The number of hydrogen-bond donors (Lipinski definition) is 1. The molecule has 2 aromatic rings. The van der Waals surface area contributed by atoms with Gasteiger partial charge in [-0.2, -0.15) is 5.10 Å². The number of thiophene rings is 1. The summed E-state index contributed by atoms with van der Waals surface area (Å²) in [4.78, 5) is 1.22. The second kappa shape index (κ2) is 5.83. The van der Waals surface area contributed by atoms with Gasteiger partial charge in [-0.05, 0) is 53.5 Å². The van der Waals surface area contributed by atoms with Gasteiger partial charge in [-0.3, -0.25) is 0 Å². The largest absolute Gasteiger partial charge is 0.497 e. The van der Waals surface area contributed by atoms with Gasteiger partial charge in [0.25, 0.3) is 0 Å². The van der Waals surface area contributed by atoms with Crippen LogP contribution in [0.1, 0.15) is 22.9 Å². The van der Waals surface area contributed by atoms with Gasteiger partial charge in [-0.25, -0.2) is 5.01 Å². The van der Waals surface area contributed by atoms with Crippen molar-refractivity contribution in [2.24, 2.45) is 10.8 Å². The first-order chi connectivity index (χ1) is 10.2. The SMILES string of the molecule is COc1ccc(C2=NN(C(N)=S)[C@H](c3cccs3)C2)cc1. The Morgan fingerprint density at radius 3 is 2.71 bits per heavy atom. The molecule has 1 aromatic carbocycles. The Balaban J connectivity index is 1.89. The lowest BCUT2D eigenvalue weighted by Gasteiger charge is -2.20. The lowest BCUT2D eigenvalue weighted by molar-refractivity contribution is 0.378. The molecule has 1 atom stereocenters. The van der Waals surface area contributed by atoms with Gasteiger partial charge in [0.1, 0.15) is 5.75 Å². The highest BCUT2D eigenvalue weighted by Gasteiger charge is 2.31. The molecule has 0 saturated carbocycles. The molecule has 21 heavy (non-hydrogen) atoms. The number of thiocarbonyl (C=S) groups is 1. The summed E-state index contributed by atoms with van der Waals surface area (Å²) < 4.78 is 5.18. The zero-order chi connectivity index (χ0) is 14.8. The summed E-state index contributed by atoms with van der Waals surface area (Å²) in [6, 6.07) is 12.1. The molecule has 1 aliphatic rings. The van der Waals surface area contributed by atoms with E-state index < -0.39 is 0 Å². The molecule has 1 aromatic heterocycles. The lowest BCUT2D eigenvalue weighted by atomic mass is 10.0. The van der Waals surface area contributed by atoms with Gasteiger partial charge in [0.05, 0.1) is 18.9 Å². The number of methoxy groups -OCH3 is 1. The molecule has 108 valence electrons. The first kappa shape index (κ1) is 14.0. The summed E-state index contributed by atoms with van der Waals surface area (Å²) >= 11 is 6.82. The van der Waals surface area contributed by atoms with Gasteiger partial charge in [0, 0.05) is 11.3 Å². The highest BCUT2D eigenvalue weighted by atomic mass is 32.1. The third kappa shape index (κ3) is 2.77. The predicted molar refractivity (Wildman–Crippen MR) is 89.8 cm³/mol. The summed E-state index contributed by atoms with van der Waals surface area (Å²) in [6.45, 7) is 0. The number of nitrogens with two attached hydrogens (primary N) is 1. The third-order valence-corrected chi connectivity index (χ3v) is 4.59. The molecular formula is C15H15N3OS2. The van der Waals surface area contributed by atoms with E-state index >= 15 is 0 Å².